The molecule has 7 nitrogen and oxygen atoms in total. The maximum absolute atomic E-state index is 12.3. The summed E-state index contributed by atoms with van der Waals surface area (Å²) in [5.41, 5.74) is 0. The summed E-state index contributed by atoms with van der Waals surface area (Å²) in [6.07, 6.45) is 40.8. The van der Waals surface area contributed by atoms with Crippen LogP contribution in [0.5, 0.6) is 0 Å². The summed E-state index contributed by atoms with van der Waals surface area (Å²) in [5, 5.41) is 0. The van der Waals surface area contributed by atoms with Crippen molar-refractivity contribution < 1.29 is 33.1 Å². The van der Waals surface area contributed by atoms with Crippen molar-refractivity contribution in [2.75, 3.05) is 13.2 Å². The predicted molar refractivity (Wildman–Crippen MR) is 188 cm³/mol. The number of carbonyl (C=O) groups is 1. The molecule has 8 heteroatoms. The Morgan fingerprint density at radius 2 is 1.04 bits per heavy atom. The highest BCUT2D eigenvalue weighted by molar-refractivity contribution is 7.46. The van der Waals surface area contributed by atoms with Gasteiger partial charge in [0.05, 0.1) is 12.9 Å². The van der Waals surface area contributed by atoms with E-state index in [2.05, 4.69) is 42.7 Å². The average molecular weight is 657 g/mol. The highest BCUT2D eigenvalue weighted by Gasteiger charge is 2.21. The number of esters is 1. The van der Waals surface area contributed by atoms with Crippen LogP contribution in [-0.4, -0.2) is 35.1 Å². The van der Waals surface area contributed by atoms with Crippen LogP contribution in [0.3, 0.4) is 0 Å². The molecule has 0 heterocycles. The lowest BCUT2D eigenvalue weighted by molar-refractivity contribution is -0.153. The van der Waals surface area contributed by atoms with Gasteiger partial charge in [-0.25, -0.2) is 4.57 Å². The standard InChI is InChI=1S/C37H69O7P/c1-3-5-7-9-11-13-15-17-19-20-22-24-26-28-30-32-37(38)44-36(35-43-45(39,40)41)34-42-33-31-29-27-25-23-21-18-16-14-12-10-8-6-4-2/h11,13,17,19,31,33,36H,3-10,12,14-16,18,20-30,32,34-35H2,1-2H3,(H2,39,40,41). The fourth-order valence-electron chi connectivity index (χ4n) is 5.02. The van der Waals surface area contributed by atoms with Crippen LogP contribution in [0.1, 0.15) is 174 Å². The molecule has 0 aromatic rings. The minimum atomic E-state index is -4.67. The molecule has 0 spiro atoms. The van der Waals surface area contributed by atoms with E-state index >= 15 is 0 Å². The van der Waals surface area contributed by atoms with E-state index in [1.807, 2.05) is 6.08 Å². The Morgan fingerprint density at radius 1 is 0.600 bits per heavy atom. The number of ether oxygens (including phenoxy) is 2. The Bertz CT molecular complexity index is 775. The summed E-state index contributed by atoms with van der Waals surface area (Å²) in [6, 6.07) is 0. The summed E-state index contributed by atoms with van der Waals surface area (Å²) in [6.45, 7) is 4.06. The molecule has 264 valence electrons. The second-order valence-electron chi connectivity index (χ2n) is 12.3. The van der Waals surface area contributed by atoms with Gasteiger partial charge in [0.25, 0.3) is 0 Å². The monoisotopic (exact) mass is 656 g/mol. The fourth-order valence-corrected chi connectivity index (χ4v) is 5.38. The van der Waals surface area contributed by atoms with E-state index in [-0.39, 0.29) is 13.0 Å². The van der Waals surface area contributed by atoms with E-state index in [4.69, 9.17) is 19.3 Å². The lowest BCUT2D eigenvalue weighted by Crippen LogP contribution is -2.27. The first kappa shape index (κ1) is 43.6. The molecule has 0 saturated carbocycles. The van der Waals surface area contributed by atoms with Crippen molar-refractivity contribution in [1.82, 2.24) is 0 Å². The van der Waals surface area contributed by atoms with Crippen molar-refractivity contribution in [3.05, 3.63) is 36.6 Å². The number of phosphoric ester groups is 1. The average Bonchev–Trinajstić information content (AvgIpc) is 3.01. The Balaban J connectivity index is 3.93. The van der Waals surface area contributed by atoms with Crippen LogP contribution in [0.15, 0.2) is 36.6 Å². The van der Waals surface area contributed by atoms with Gasteiger partial charge in [-0.2, -0.15) is 0 Å². The van der Waals surface area contributed by atoms with E-state index in [9.17, 15) is 9.36 Å². The number of rotatable bonds is 34. The first-order valence-electron chi connectivity index (χ1n) is 18.3. The molecule has 1 unspecified atom stereocenters. The lowest BCUT2D eigenvalue weighted by Gasteiger charge is -2.18. The molecule has 0 aliphatic carbocycles. The topological polar surface area (TPSA) is 102 Å². The van der Waals surface area contributed by atoms with E-state index in [0.717, 1.165) is 57.8 Å². The minimum absolute atomic E-state index is 0.0111. The molecule has 0 radical (unpaired) electrons. The number of unbranched alkanes of at least 4 members (excludes halogenated alkanes) is 20. The van der Waals surface area contributed by atoms with Crippen LogP contribution < -0.4 is 0 Å². The predicted octanol–water partition coefficient (Wildman–Crippen LogP) is 11.4. The zero-order chi connectivity index (χ0) is 33.1. The van der Waals surface area contributed by atoms with E-state index < -0.39 is 26.5 Å². The molecule has 1 atom stereocenters. The molecule has 0 aromatic carbocycles. The summed E-state index contributed by atoms with van der Waals surface area (Å²) in [7, 11) is -4.67. The molecule has 0 saturated heterocycles. The molecule has 0 aliphatic heterocycles. The second-order valence-corrected chi connectivity index (χ2v) is 13.5. The molecular formula is C37H69O7P. The van der Waals surface area contributed by atoms with Gasteiger partial charge in [-0.05, 0) is 57.4 Å². The van der Waals surface area contributed by atoms with Gasteiger partial charge >= 0.3 is 13.8 Å². The quantitative estimate of drug-likeness (QED) is 0.0233. The Morgan fingerprint density at radius 3 is 1.58 bits per heavy atom. The maximum Gasteiger partial charge on any atom is 0.469 e. The molecule has 0 rings (SSSR count). The van der Waals surface area contributed by atoms with Gasteiger partial charge in [-0.1, -0.05) is 141 Å². The van der Waals surface area contributed by atoms with Gasteiger partial charge < -0.3 is 19.3 Å². The summed E-state index contributed by atoms with van der Waals surface area (Å²) < 4.78 is 26.6. The number of allylic oxidation sites excluding steroid dienone is 5. The van der Waals surface area contributed by atoms with Gasteiger partial charge in [0, 0.05) is 6.42 Å². The Hall–Kier alpha value is -1.40. The fraction of sp³-hybridized carbons (Fsp3) is 0.811. The number of hydrogen-bond acceptors (Lipinski definition) is 5. The number of hydrogen-bond donors (Lipinski definition) is 2. The third-order valence-corrected chi connectivity index (χ3v) is 8.24. The van der Waals surface area contributed by atoms with Crippen LogP contribution in [0.4, 0.5) is 0 Å². The number of phosphoric acid groups is 1. The molecular weight excluding hydrogens is 587 g/mol. The highest BCUT2D eigenvalue weighted by Crippen LogP contribution is 2.35. The van der Waals surface area contributed by atoms with Gasteiger partial charge in [0.1, 0.15) is 6.61 Å². The molecule has 0 amide bonds. The summed E-state index contributed by atoms with van der Waals surface area (Å²) in [4.78, 5) is 30.4. The van der Waals surface area contributed by atoms with Gasteiger partial charge in [-0.15, -0.1) is 0 Å². The maximum atomic E-state index is 12.3. The van der Waals surface area contributed by atoms with E-state index in [1.165, 1.54) is 96.3 Å². The van der Waals surface area contributed by atoms with Crippen LogP contribution in [0.25, 0.3) is 0 Å². The Labute approximate surface area is 276 Å². The zero-order valence-corrected chi connectivity index (χ0v) is 29.9. The first-order valence-corrected chi connectivity index (χ1v) is 19.9. The third kappa shape index (κ3) is 36.9. The molecule has 0 aromatic heterocycles. The molecule has 0 bridgehead atoms. The minimum Gasteiger partial charge on any atom is -0.498 e. The van der Waals surface area contributed by atoms with E-state index in [0.29, 0.717) is 0 Å². The number of carbonyl (C=O) groups excluding carboxylic acids is 1. The molecule has 45 heavy (non-hydrogen) atoms. The van der Waals surface area contributed by atoms with E-state index in [1.54, 1.807) is 6.26 Å². The van der Waals surface area contributed by atoms with Crippen LogP contribution in [0, 0.1) is 0 Å². The SMILES string of the molecule is CCCCCC=CCC=CCCCCCCCC(=O)OC(COC=CCCCCCCCCCCCCCC)COP(=O)(O)O. The third-order valence-electron chi connectivity index (χ3n) is 7.76. The summed E-state index contributed by atoms with van der Waals surface area (Å²) in [5.74, 6) is -0.399. The van der Waals surface area contributed by atoms with Crippen molar-refractivity contribution in [2.45, 2.75) is 180 Å². The van der Waals surface area contributed by atoms with Crippen molar-refractivity contribution in [1.29, 1.82) is 0 Å². The van der Waals surface area contributed by atoms with Gasteiger partial charge in [-0.3, -0.25) is 9.32 Å². The highest BCUT2D eigenvalue weighted by atomic mass is 31.2. The van der Waals surface area contributed by atoms with Crippen LogP contribution in [-0.2, 0) is 23.4 Å². The smallest absolute Gasteiger partial charge is 0.469 e. The van der Waals surface area contributed by atoms with Crippen molar-refractivity contribution in [3.8, 4) is 0 Å². The Kier molecular flexibility index (Phi) is 32.9. The lowest BCUT2D eigenvalue weighted by atomic mass is 10.0. The van der Waals surface area contributed by atoms with Crippen LogP contribution >= 0.6 is 7.82 Å². The first-order chi connectivity index (χ1) is 21.9. The second kappa shape index (κ2) is 33.9. The normalized spacial score (nSPS) is 13.0. The molecule has 2 N–H and O–H groups in total. The van der Waals surface area contributed by atoms with Crippen LogP contribution in [0.2, 0.25) is 0 Å². The molecule has 0 fully saturated rings. The molecule has 0 aliphatic rings. The van der Waals surface area contributed by atoms with Crippen molar-refractivity contribution >= 4 is 13.8 Å². The zero-order valence-electron chi connectivity index (χ0n) is 29.0. The van der Waals surface area contributed by atoms with Gasteiger partial charge in [0.2, 0.25) is 0 Å². The summed E-state index contributed by atoms with van der Waals surface area (Å²) >= 11 is 0. The largest absolute Gasteiger partial charge is 0.498 e. The van der Waals surface area contributed by atoms with Crippen molar-refractivity contribution in [3.63, 3.8) is 0 Å². The van der Waals surface area contributed by atoms with Gasteiger partial charge in [0.15, 0.2) is 6.10 Å². The van der Waals surface area contributed by atoms with Crippen molar-refractivity contribution in [2.24, 2.45) is 0 Å².